The van der Waals surface area contributed by atoms with Gasteiger partial charge in [-0.2, -0.15) is 0 Å². The molecule has 0 saturated heterocycles. The first kappa shape index (κ1) is 13.2. The Morgan fingerprint density at radius 1 is 1.56 bits per heavy atom. The average Bonchev–Trinajstić information content (AvgIpc) is 2.72. The summed E-state index contributed by atoms with van der Waals surface area (Å²) in [4.78, 5) is 0. The molecule has 0 aliphatic carbocycles. The lowest BCUT2D eigenvalue weighted by Gasteiger charge is -2.07. The minimum atomic E-state index is -0.693. The molecule has 3 N–H and O–H groups in total. The Morgan fingerprint density at radius 3 is 3.06 bits per heavy atom. The quantitative estimate of drug-likeness (QED) is 0.529. The molecule has 0 fully saturated rings. The lowest BCUT2D eigenvalue weighted by Crippen LogP contribution is -2.19. The van der Waals surface area contributed by atoms with E-state index in [1.165, 1.54) is 0 Å². The Kier molecular flexibility index (Phi) is 6.10. The molecule has 0 bridgehead atoms. The molecule has 16 heavy (non-hydrogen) atoms. The van der Waals surface area contributed by atoms with Crippen LogP contribution in [-0.2, 0) is 17.8 Å². The summed E-state index contributed by atoms with van der Waals surface area (Å²) in [6.07, 6.45) is 3.16. The van der Waals surface area contributed by atoms with Crippen molar-refractivity contribution in [2.75, 3.05) is 26.9 Å². The number of hydrogen-bond acceptors (Lipinski definition) is 4. The van der Waals surface area contributed by atoms with Crippen LogP contribution in [0.5, 0.6) is 0 Å². The van der Waals surface area contributed by atoms with E-state index in [0.717, 1.165) is 18.7 Å². The first-order valence-electron chi connectivity index (χ1n) is 5.39. The number of methoxy groups -OCH3 is 1. The van der Waals surface area contributed by atoms with Crippen molar-refractivity contribution in [3.05, 3.63) is 24.0 Å². The fourth-order valence-corrected chi connectivity index (χ4v) is 1.42. The number of aliphatic hydroxyl groups is 2. The zero-order valence-corrected chi connectivity index (χ0v) is 9.59. The second-order valence-electron chi connectivity index (χ2n) is 3.72. The SMILES string of the molecule is COCCNCc1ccn(CC(O)CO)c1. The minimum absolute atomic E-state index is 0.209. The van der Waals surface area contributed by atoms with Gasteiger partial charge in [0.1, 0.15) is 0 Å². The molecule has 0 spiro atoms. The third-order valence-electron chi connectivity index (χ3n) is 2.26. The van der Waals surface area contributed by atoms with E-state index in [4.69, 9.17) is 9.84 Å². The third-order valence-corrected chi connectivity index (χ3v) is 2.26. The van der Waals surface area contributed by atoms with Crippen LogP contribution < -0.4 is 5.32 Å². The summed E-state index contributed by atoms with van der Waals surface area (Å²) in [7, 11) is 1.68. The summed E-state index contributed by atoms with van der Waals surface area (Å²) in [6, 6.07) is 1.99. The van der Waals surface area contributed by atoms with E-state index in [1.54, 1.807) is 7.11 Å². The standard InChI is InChI=1S/C11H20N2O3/c1-16-5-3-12-6-10-2-4-13(7-10)8-11(15)9-14/h2,4,7,11-12,14-15H,3,5-6,8-9H2,1H3. The van der Waals surface area contributed by atoms with Crippen molar-refractivity contribution in [3.63, 3.8) is 0 Å². The number of aromatic nitrogens is 1. The van der Waals surface area contributed by atoms with E-state index in [2.05, 4.69) is 5.32 Å². The highest BCUT2D eigenvalue weighted by Gasteiger charge is 2.03. The van der Waals surface area contributed by atoms with Crippen LogP contribution >= 0.6 is 0 Å². The summed E-state index contributed by atoms with van der Waals surface area (Å²) >= 11 is 0. The van der Waals surface area contributed by atoms with Gasteiger partial charge in [-0.3, -0.25) is 0 Å². The molecule has 0 aromatic carbocycles. The predicted molar refractivity (Wildman–Crippen MR) is 61.1 cm³/mol. The zero-order valence-electron chi connectivity index (χ0n) is 9.59. The minimum Gasteiger partial charge on any atom is -0.394 e. The largest absolute Gasteiger partial charge is 0.394 e. The van der Waals surface area contributed by atoms with Crippen molar-refractivity contribution in [2.45, 2.75) is 19.2 Å². The topological polar surface area (TPSA) is 66.7 Å². The lowest BCUT2D eigenvalue weighted by molar-refractivity contribution is 0.0813. The number of nitrogens with one attached hydrogen (secondary N) is 1. The highest BCUT2D eigenvalue weighted by atomic mass is 16.5. The Balaban J connectivity index is 2.28. The van der Waals surface area contributed by atoms with E-state index < -0.39 is 6.10 Å². The fourth-order valence-electron chi connectivity index (χ4n) is 1.42. The van der Waals surface area contributed by atoms with Crippen LogP contribution in [0, 0.1) is 0 Å². The summed E-state index contributed by atoms with van der Waals surface area (Å²) in [6.45, 7) is 2.52. The molecule has 92 valence electrons. The van der Waals surface area contributed by atoms with Gasteiger partial charge in [0.15, 0.2) is 0 Å². The molecule has 1 heterocycles. The Hall–Kier alpha value is -0.880. The maximum atomic E-state index is 9.26. The molecular weight excluding hydrogens is 208 g/mol. The van der Waals surface area contributed by atoms with Crippen LogP contribution in [0.3, 0.4) is 0 Å². The molecule has 5 nitrogen and oxygen atoms in total. The molecule has 1 unspecified atom stereocenters. The van der Waals surface area contributed by atoms with Gasteiger partial charge in [0, 0.05) is 32.6 Å². The van der Waals surface area contributed by atoms with E-state index in [0.29, 0.717) is 13.2 Å². The second kappa shape index (κ2) is 7.40. The molecule has 1 aromatic rings. The van der Waals surface area contributed by atoms with Crippen LogP contribution in [0.2, 0.25) is 0 Å². The maximum Gasteiger partial charge on any atom is 0.0949 e. The second-order valence-corrected chi connectivity index (χ2v) is 3.72. The number of hydrogen-bond donors (Lipinski definition) is 3. The molecule has 1 aromatic heterocycles. The van der Waals surface area contributed by atoms with Crippen molar-refractivity contribution in [2.24, 2.45) is 0 Å². The van der Waals surface area contributed by atoms with Crippen LogP contribution in [-0.4, -0.2) is 47.8 Å². The van der Waals surface area contributed by atoms with Crippen molar-refractivity contribution >= 4 is 0 Å². The normalized spacial score (nSPS) is 12.9. The highest BCUT2D eigenvalue weighted by molar-refractivity contribution is 5.09. The van der Waals surface area contributed by atoms with Gasteiger partial charge < -0.3 is 24.8 Å². The molecule has 5 heteroatoms. The van der Waals surface area contributed by atoms with Crippen molar-refractivity contribution < 1.29 is 14.9 Å². The molecule has 1 atom stereocenters. The van der Waals surface area contributed by atoms with E-state index in [9.17, 15) is 5.11 Å². The highest BCUT2D eigenvalue weighted by Crippen LogP contribution is 2.02. The number of rotatable bonds is 8. The van der Waals surface area contributed by atoms with E-state index >= 15 is 0 Å². The summed E-state index contributed by atoms with van der Waals surface area (Å²) in [5, 5.41) is 21.2. The number of ether oxygens (including phenoxy) is 1. The molecule has 0 radical (unpaired) electrons. The van der Waals surface area contributed by atoms with Gasteiger partial charge in [-0.15, -0.1) is 0 Å². The van der Waals surface area contributed by atoms with Crippen molar-refractivity contribution in [3.8, 4) is 0 Å². The van der Waals surface area contributed by atoms with Crippen molar-refractivity contribution in [1.29, 1.82) is 0 Å². The fraction of sp³-hybridized carbons (Fsp3) is 0.636. The van der Waals surface area contributed by atoms with Gasteiger partial charge in [-0.1, -0.05) is 0 Å². The maximum absolute atomic E-state index is 9.26. The first-order valence-corrected chi connectivity index (χ1v) is 5.39. The number of nitrogens with zero attached hydrogens (tertiary/aromatic N) is 1. The lowest BCUT2D eigenvalue weighted by atomic mass is 10.3. The van der Waals surface area contributed by atoms with Crippen molar-refractivity contribution in [1.82, 2.24) is 9.88 Å². The molecular formula is C11H20N2O3. The van der Waals surface area contributed by atoms with Crippen LogP contribution in [0.4, 0.5) is 0 Å². The Labute approximate surface area is 95.7 Å². The van der Waals surface area contributed by atoms with E-state index in [1.807, 2.05) is 23.0 Å². The van der Waals surface area contributed by atoms with Gasteiger partial charge in [0.05, 0.1) is 25.9 Å². The monoisotopic (exact) mass is 228 g/mol. The van der Waals surface area contributed by atoms with E-state index in [-0.39, 0.29) is 6.61 Å². The summed E-state index contributed by atoms with van der Waals surface area (Å²) in [5.41, 5.74) is 1.15. The summed E-state index contributed by atoms with van der Waals surface area (Å²) in [5.74, 6) is 0. The Morgan fingerprint density at radius 2 is 2.38 bits per heavy atom. The van der Waals surface area contributed by atoms with Gasteiger partial charge >= 0.3 is 0 Å². The Bertz CT molecular complexity index is 289. The van der Waals surface area contributed by atoms with Crippen LogP contribution in [0.25, 0.3) is 0 Å². The smallest absolute Gasteiger partial charge is 0.0949 e. The molecule has 0 amide bonds. The third kappa shape index (κ3) is 4.76. The molecule has 1 rings (SSSR count). The molecule has 0 aliphatic rings. The summed E-state index contributed by atoms with van der Waals surface area (Å²) < 4.78 is 6.79. The van der Waals surface area contributed by atoms with Gasteiger partial charge in [-0.25, -0.2) is 0 Å². The average molecular weight is 228 g/mol. The molecule has 0 saturated carbocycles. The van der Waals surface area contributed by atoms with Crippen LogP contribution in [0.1, 0.15) is 5.56 Å². The van der Waals surface area contributed by atoms with Crippen LogP contribution in [0.15, 0.2) is 18.5 Å². The van der Waals surface area contributed by atoms with Gasteiger partial charge in [-0.05, 0) is 11.6 Å². The predicted octanol–water partition coefficient (Wildman–Crippen LogP) is -0.423. The zero-order chi connectivity index (χ0) is 11.8. The first-order chi connectivity index (χ1) is 7.76. The van der Waals surface area contributed by atoms with Gasteiger partial charge in [0.25, 0.3) is 0 Å². The van der Waals surface area contributed by atoms with Gasteiger partial charge in [0.2, 0.25) is 0 Å². The number of aliphatic hydroxyl groups excluding tert-OH is 2. The molecule has 0 aliphatic heterocycles.